The molecule has 164 valence electrons. The summed E-state index contributed by atoms with van der Waals surface area (Å²) in [5, 5.41) is 2.89. The van der Waals surface area contributed by atoms with Crippen LogP contribution in [0.2, 0.25) is 0 Å². The van der Waals surface area contributed by atoms with Gasteiger partial charge >= 0.3 is 0 Å². The standard InChI is InChI=1S/C25H24N2O4S/c1-3-17(2)26-24(28)19-13-14-23-21(15-19)27(16-18-9-5-4-6-10-18)25(29)20-11-7-8-12-22(20)32(23,30)31/h4-15,17H,3,16H2,1-2H3,(H,26,28)/t17-/m0/s1. The summed E-state index contributed by atoms with van der Waals surface area (Å²) in [5.41, 5.74) is 1.46. The Morgan fingerprint density at radius 1 is 0.969 bits per heavy atom. The van der Waals surface area contributed by atoms with Crippen LogP contribution in [0.3, 0.4) is 0 Å². The monoisotopic (exact) mass is 448 g/mol. The van der Waals surface area contributed by atoms with Crippen LogP contribution < -0.4 is 10.2 Å². The van der Waals surface area contributed by atoms with Crippen molar-refractivity contribution in [3.8, 4) is 0 Å². The Morgan fingerprint density at radius 3 is 2.38 bits per heavy atom. The van der Waals surface area contributed by atoms with Gasteiger partial charge in [-0.15, -0.1) is 0 Å². The van der Waals surface area contributed by atoms with E-state index in [9.17, 15) is 18.0 Å². The molecular formula is C25H24N2O4S. The van der Waals surface area contributed by atoms with Crippen molar-refractivity contribution in [2.24, 2.45) is 0 Å². The maximum Gasteiger partial charge on any atom is 0.259 e. The predicted molar refractivity (Wildman–Crippen MR) is 123 cm³/mol. The summed E-state index contributed by atoms with van der Waals surface area (Å²) >= 11 is 0. The Balaban J connectivity index is 1.90. The Labute approximate surface area is 187 Å². The first-order valence-corrected chi connectivity index (χ1v) is 12.0. The second-order valence-electron chi connectivity index (χ2n) is 7.84. The van der Waals surface area contributed by atoms with Crippen molar-refractivity contribution in [3.05, 3.63) is 89.5 Å². The summed E-state index contributed by atoms with van der Waals surface area (Å²) in [7, 11) is -3.96. The summed E-state index contributed by atoms with van der Waals surface area (Å²) in [5.74, 6) is -0.736. The van der Waals surface area contributed by atoms with E-state index in [0.717, 1.165) is 12.0 Å². The minimum Gasteiger partial charge on any atom is -0.350 e. The van der Waals surface area contributed by atoms with Crippen LogP contribution in [0.25, 0.3) is 0 Å². The summed E-state index contributed by atoms with van der Waals surface area (Å²) in [6, 6.07) is 19.9. The van der Waals surface area contributed by atoms with Crippen LogP contribution in [0.4, 0.5) is 5.69 Å². The van der Waals surface area contributed by atoms with Gasteiger partial charge in [0.15, 0.2) is 0 Å². The third-order valence-corrected chi connectivity index (χ3v) is 7.49. The molecule has 3 aromatic rings. The Hall–Kier alpha value is -3.45. The number of benzene rings is 3. The molecule has 2 amide bonds. The van der Waals surface area contributed by atoms with Crippen LogP contribution in [0.1, 0.15) is 46.5 Å². The van der Waals surface area contributed by atoms with Crippen molar-refractivity contribution in [2.75, 3.05) is 4.90 Å². The second kappa shape index (κ2) is 8.59. The van der Waals surface area contributed by atoms with E-state index in [1.807, 2.05) is 44.2 Å². The highest BCUT2D eigenvalue weighted by Crippen LogP contribution is 2.38. The highest BCUT2D eigenvalue weighted by Gasteiger charge is 2.36. The van der Waals surface area contributed by atoms with Crippen molar-refractivity contribution in [2.45, 2.75) is 42.6 Å². The van der Waals surface area contributed by atoms with Crippen LogP contribution in [-0.4, -0.2) is 26.3 Å². The topological polar surface area (TPSA) is 83.6 Å². The second-order valence-corrected chi connectivity index (χ2v) is 9.73. The van der Waals surface area contributed by atoms with Gasteiger partial charge in [-0.2, -0.15) is 0 Å². The van der Waals surface area contributed by atoms with Gasteiger partial charge in [0.25, 0.3) is 11.8 Å². The number of carbonyl (C=O) groups is 2. The molecule has 0 aliphatic carbocycles. The van der Waals surface area contributed by atoms with Gasteiger partial charge in [0.2, 0.25) is 9.84 Å². The van der Waals surface area contributed by atoms with Crippen LogP contribution in [0, 0.1) is 0 Å². The minimum absolute atomic E-state index is 0.00632. The number of fused-ring (bicyclic) bond motifs is 2. The molecule has 1 aliphatic heterocycles. The summed E-state index contributed by atoms with van der Waals surface area (Å²) in [4.78, 5) is 27.7. The molecule has 1 atom stereocenters. The highest BCUT2D eigenvalue weighted by molar-refractivity contribution is 7.91. The molecule has 0 saturated heterocycles. The quantitative estimate of drug-likeness (QED) is 0.634. The van der Waals surface area contributed by atoms with Crippen LogP contribution in [0.15, 0.2) is 82.6 Å². The predicted octanol–water partition coefficient (Wildman–Crippen LogP) is 4.21. The van der Waals surface area contributed by atoms with Gasteiger partial charge in [-0.3, -0.25) is 9.59 Å². The first-order valence-electron chi connectivity index (χ1n) is 10.5. The van der Waals surface area contributed by atoms with Crippen molar-refractivity contribution >= 4 is 27.3 Å². The van der Waals surface area contributed by atoms with Gasteiger partial charge < -0.3 is 10.2 Å². The van der Waals surface area contributed by atoms with E-state index in [4.69, 9.17) is 0 Å². The van der Waals surface area contributed by atoms with Crippen LogP contribution in [0.5, 0.6) is 0 Å². The number of hydrogen-bond acceptors (Lipinski definition) is 4. The summed E-state index contributed by atoms with van der Waals surface area (Å²) in [6.07, 6.45) is 0.763. The summed E-state index contributed by atoms with van der Waals surface area (Å²) < 4.78 is 27.0. The number of sulfone groups is 1. The molecule has 32 heavy (non-hydrogen) atoms. The molecule has 0 fully saturated rings. The van der Waals surface area contributed by atoms with Gasteiger partial charge in [-0.05, 0) is 49.2 Å². The molecule has 0 bridgehead atoms. The van der Waals surface area contributed by atoms with Gasteiger partial charge in [0.1, 0.15) is 0 Å². The maximum absolute atomic E-state index is 13.6. The lowest BCUT2D eigenvalue weighted by molar-refractivity contribution is 0.0936. The molecule has 1 N–H and O–H groups in total. The average molecular weight is 449 g/mol. The molecule has 0 spiro atoms. The maximum atomic E-state index is 13.6. The van der Waals surface area contributed by atoms with E-state index in [0.29, 0.717) is 5.56 Å². The molecular weight excluding hydrogens is 424 g/mol. The number of carbonyl (C=O) groups excluding carboxylic acids is 2. The third kappa shape index (κ3) is 3.91. The van der Waals surface area contributed by atoms with Crippen molar-refractivity contribution in [1.82, 2.24) is 5.32 Å². The number of hydrogen-bond donors (Lipinski definition) is 1. The number of nitrogens with one attached hydrogen (secondary N) is 1. The molecule has 0 aromatic heterocycles. The molecule has 4 rings (SSSR count). The normalized spacial score (nSPS) is 15.3. The lowest BCUT2D eigenvalue weighted by atomic mass is 10.1. The number of nitrogens with zero attached hydrogens (tertiary/aromatic N) is 1. The summed E-state index contributed by atoms with van der Waals surface area (Å²) in [6.45, 7) is 4.03. The Kier molecular flexibility index (Phi) is 5.84. The van der Waals surface area contributed by atoms with Crippen LogP contribution in [-0.2, 0) is 16.4 Å². The smallest absolute Gasteiger partial charge is 0.259 e. The molecule has 3 aromatic carbocycles. The zero-order valence-corrected chi connectivity index (χ0v) is 18.7. The van der Waals surface area contributed by atoms with E-state index in [-0.39, 0.29) is 39.5 Å². The largest absolute Gasteiger partial charge is 0.350 e. The minimum atomic E-state index is -3.96. The molecule has 0 radical (unpaired) electrons. The van der Waals surface area contributed by atoms with E-state index >= 15 is 0 Å². The van der Waals surface area contributed by atoms with Crippen molar-refractivity contribution in [3.63, 3.8) is 0 Å². The molecule has 1 heterocycles. The Morgan fingerprint density at radius 2 is 1.66 bits per heavy atom. The molecule has 0 unspecified atom stereocenters. The zero-order chi connectivity index (χ0) is 22.9. The lowest BCUT2D eigenvalue weighted by Gasteiger charge is -2.23. The van der Waals surface area contributed by atoms with Gasteiger partial charge in [0.05, 0.1) is 27.6 Å². The fourth-order valence-electron chi connectivity index (χ4n) is 3.68. The van der Waals surface area contributed by atoms with Crippen LogP contribution >= 0.6 is 0 Å². The highest BCUT2D eigenvalue weighted by atomic mass is 32.2. The van der Waals surface area contributed by atoms with E-state index < -0.39 is 15.7 Å². The lowest BCUT2D eigenvalue weighted by Crippen LogP contribution is -2.33. The SMILES string of the molecule is CC[C@H](C)NC(=O)c1ccc2c(c1)N(Cc1ccccc1)C(=O)c1ccccc1S2(=O)=O. The molecule has 1 aliphatic rings. The first-order chi connectivity index (χ1) is 15.3. The number of rotatable bonds is 5. The van der Waals surface area contributed by atoms with E-state index in [1.54, 1.807) is 12.1 Å². The first kappa shape index (κ1) is 21.8. The zero-order valence-electron chi connectivity index (χ0n) is 17.9. The van der Waals surface area contributed by atoms with Crippen molar-refractivity contribution in [1.29, 1.82) is 0 Å². The molecule has 6 nitrogen and oxygen atoms in total. The number of anilines is 1. The van der Waals surface area contributed by atoms with Gasteiger partial charge in [0, 0.05) is 11.6 Å². The van der Waals surface area contributed by atoms with E-state index in [2.05, 4.69) is 5.32 Å². The fraction of sp³-hybridized carbons (Fsp3) is 0.200. The Bertz CT molecular complexity index is 1290. The average Bonchev–Trinajstić information content (AvgIpc) is 2.88. The molecule has 0 saturated carbocycles. The van der Waals surface area contributed by atoms with Crippen molar-refractivity contribution < 1.29 is 18.0 Å². The number of amides is 2. The van der Waals surface area contributed by atoms with E-state index in [1.165, 1.54) is 35.2 Å². The third-order valence-electron chi connectivity index (χ3n) is 5.63. The fourth-order valence-corrected chi connectivity index (χ4v) is 5.31. The van der Waals surface area contributed by atoms with Gasteiger partial charge in [-0.1, -0.05) is 49.4 Å². The van der Waals surface area contributed by atoms with Gasteiger partial charge in [-0.25, -0.2) is 8.42 Å². The molecule has 7 heteroatoms.